The van der Waals surface area contributed by atoms with Crippen LogP contribution in [0.15, 0.2) is 18.2 Å². The highest BCUT2D eigenvalue weighted by molar-refractivity contribution is 5.88. The van der Waals surface area contributed by atoms with Gasteiger partial charge in [0.25, 0.3) is 0 Å². The molecule has 0 aliphatic carbocycles. The maximum Gasteiger partial charge on any atom is 0.338 e. The molecule has 1 saturated heterocycles. The van der Waals surface area contributed by atoms with E-state index in [0.717, 1.165) is 31.7 Å². The molecule has 0 saturated carbocycles. The Balaban J connectivity index is 1.98. The molecule has 1 aromatic rings. The van der Waals surface area contributed by atoms with E-state index in [1.807, 2.05) is 0 Å². The van der Waals surface area contributed by atoms with E-state index in [1.54, 1.807) is 6.07 Å². The number of hydrogen-bond donors (Lipinski definition) is 1. The van der Waals surface area contributed by atoms with E-state index >= 15 is 0 Å². The first-order chi connectivity index (χ1) is 9.77. The first-order valence-electron chi connectivity index (χ1n) is 7.26. The summed E-state index contributed by atoms with van der Waals surface area (Å²) in [6.45, 7) is 11.2. The average molecular weight is 294 g/mol. The summed E-state index contributed by atoms with van der Waals surface area (Å²) in [6, 6.07) is 4.34. The van der Waals surface area contributed by atoms with E-state index < -0.39 is 11.8 Å². The van der Waals surface area contributed by atoms with Crippen molar-refractivity contribution in [3.8, 4) is 0 Å². The fourth-order valence-corrected chi connectivity index (χ4v) is 2.67. The van der Waals surface area contributed by atoms with Crippen LogP contribution < -0.4 is 0 Å². The third-order valence-corrected chi connectivity index (χ3v) is 3.99. The first-order valence-corrected chi connectivity index (χ1v) is 7.26. The second kappa shape index (κ2) is 6.12. The molecule has 0 unspecified atom stereocenters. The predicted molar refractivity (Wildman–Crippen MR) is 80.0 cm³/mol. The minimum atomic E-state index is -1.22. The Kier molecular flexibility index (Phi) is 4.64. The second-order valence-corrected chi connectivity index (χ2v) is 6.55. The third kappa shape index (κ3) is 4.02. The molecule has 4 nitrogen and oxygen atoms in total. The van der Waals surface area contributed by atoms with Crippen LogP contribution in [0.4, 0.5) is 4.39 Å². The van der Waals surface area contributed by atoms with E-state index in [-0.39, 0.29) is 11.1 Å². The number of benzene rings is 1. The van der Waals surface area contributed by atoms with E-state index in [9.17, 15) is 9.18 Å². The Hall–Kier alpha value is -1.46. The number of nitrogens with zero attached hydrogens (tertiary/aromatic N) is 2. The minimum Gasteiger partial charge on any atom is -0.478 e. The highest BCUT2D eigenvalue weighted by Gasteiger charge is 2.25. The molecular weight excluding hydrogens is 271 g/mol. The van der Waals surface area contributed by atoms with Crippen LogP contribution in [-0.4, -0.2) is 52.6 Å². The lowest BCUT2D eigenvalue weighted by Gasteiger charge is -2.42. The maximum atomic E-state index is 13.4. The third-order valence-electron chi connectivity index (χ3n) is 3.99. The quantitative estimate of drug-likeness (QED) is 0.930. The summed E-state index contributed by atoms with van der Waals surface area (Å²) in [5, 5.41) is 8.96. The summed E-state index contributed by atoms with van der Waals surface area (Å²) in [5.74, 6) is -1.89. The fraction of sp³-hybridized carbons (Fsp3) is 0.562. The van der Waals surface area contributed by atoms with Crippen LogP contribution in [0.3, 0.4) is 0 Å². The Morgan fingerprint density at radius 2 is 1.86 bits per heavy atom. The molecule has 0 amide bonds. The number of carbonyl (C=O) groups is 1. The highest BCUT2D eigenvalue weighted by Crippen LogP contribution is 2.18. The normalized spacial score (nSPS) is 17.9. The van der Waals surface area contributed by atoms with Crippen molar-refractivity contribution in [2.45, 2.75) is 32.9 Å². The summed E-state index contributed by atoms with van der Waals surface area (Å²) in [4.78, 5) is 15.7. The van der Waals surface area contributed by atoms with Crippen molar-refractivity contribution in [2.24, 2.45) is 0 Å². The van der Waals surface area contributed by atoms with Crippen LogP contribution in [0.25, 0.3) is 0 Å². The summed E-state index contributed by atoms with van der Waals surface area (Å²) < 4.78 is 13.4. The van der Waals surface area contributed by atoms with Gasteiger partial charge < -0.3 is 5.11 Å². The van der Waals surface area contributed by atoms with E-state index in [0.29, 0.717) is 6.54 Å². The van der Waals surface area contributed by atoms with Gasteiger partial charge in [0, 0.05) is 38.3 Å². The molecule has 1 heterocycles. The van der Waals surface area contributed by atoms with Gasteiger partial charge in [-0.25, -0.2) is 9.18 Å². The molecule has 0 radical (unpaired) electrons. The van der Waals surface area contributed by atoms with Crippen molar-refractivity contribution in [3.63, 3.8) is 0 Å². The van der Waals surface area contributed by atoms with Crippen molar-refractivity contribution in [2.75, 3.05) is 26.2 Å². The number of aromatic carboxylic acids is 1. The molecule has 1 fully saturated rings. The summed E-state index contributed by atoms with van der Waals surface area (Å²) in [6.07, 6.45) is 0. The second-order valence-electron chi connectivity index (χ2n) is 6.55. The van der Waals surface area contributed by atoms with Crippen LogP contribution in [0, 0.1) is 5.82 Å². The van der Waals surface area contributed by atoms with Gasteiger partial charge in [-0.2, -0.15) is 0 Å². The van der Waals surface area contributed by atoms with Gasteiger partial charge in [-0.1, -0.05) is 6.07 Å². The van der Waals surface area contributed by atoms with Crippen LogP contribution in [0.1, 0.15) is 36.7 Å². The van der Waals surface area contributed by atoms with E-state index in [4.69, 9.17) is 5.11 Å². The molecular formula is C16H23FN2O2. The lowest BCUT2D eigenvalue weighted by atomic mass is 10.0. The van der Waals surface area contributed by atoms with E-state index in [1.165, 1.54) is 12.1 Å². The number of halogens is 1. The first kappa shape index (κ1) is 15.9. The number of hydrogen-bond acceptors (Lipinski definition) is 3. The topological polar surface area (TPSA) is 43.8 Å². The van der Waals surface area contributed by atoms with Crippen molar-refractivity contribution in [1.29, 1.82) is 0 Å². The molecule has 0 spiro atoms. The maximum absolute atomic E-state index is 13.4. The van der Waals surface area contributed by atoms with Crippen molar-refractivity contribution in [3.05, 3.63) is 35.1 Å². The summed E-state index contributed by atoms with van der Waals surface area (Å²) in [5.41, 5.74) is 0.775. The number of carboxylic acid groups (broad SMARTS) is 1. The SMILES string of the molecule is CC(C)(C)N1CCN(Cc2ccc(F)c(C(=O)O)c2)CC1. The predicted octanol–water partition coefficient (Wildman–Crippen LogP) is 2.44. The highest BCUT2D eigenvalue weighted by atomic mass is 19.1. The van der Waals surface area contributed by atoms with Crippen LogP contribution in [0.2, 0.25) is 0 Å². The fourth-order valence-electron chi connectivity index (χ4n) is 2.67. The zero-order valence-electron chi connectivity index (χ0n) is 12.9. The molecule has 116 valence electrons. The van der Waals surface area contributed by atoms with Gasteiger partial charge in [0.2, 0.25) is 0 Å². The Morgan fingerprint density at radius 1 is 1.24 bits per heavy atom. The van der Waals surface area contributed by atoms with Gasteiger partial charge in [0.1, 0.15) is 5.82 Å². The van der Waals surface area contributed by atoms with Gasteiger partial charge >= 0.3 is 5.97 Å². The summed E-state index contributed by atoms with van der Waals surface area (Å²) in [7, 11) is 0. The largest absolute Gasteiger partial charge is 0.478 e. The van der Waals surface area contributed by atoms with Gasteiger partial charge in [-0.05, 0) is 38.5 Å². The van der Waals surface area contributed by atoms with E-state index in [2.05, 4.69) is 30.6 Å². The lowest BCUT2D eigenvalue weighted by molar-refractivity contribution is 0.0589. The van der Waals surface area contributed by atoms with Gasteiger partial charge in [0.05, 0.1) is 5.56 Å². The van der Waals surface area contributed by atoms with Crippen LogP contribution in [-0.2, 0) is 6.54 Å². The molecule has 21 heavy (non-hydrogen) atoms. The zero-order chi connectivity index (χ0) is 15.6. The molecule has 1 aliphatic rings. The molecule has 0 bridgehead atoms. The molecule has 0 aromatic heterocycles. The zero-order valence-corrected chi connectivity index (χ0v) is 12.9. The molecule has 5 heteroatoms. The smallest absolute Gasteiger partial charge is 0.338 e. The number of rotatable bonds is 3. The molecule has 1 aliphatic heterocycles. The lowest BCUT2D eigenvalue weighted by Crippen LogP contribution is -2.53. The van der Waals surface area contributed by atoms with Crippen LogP contribution >= 0.6 is 0 Å². The molecule has 0 atom stereocenters. The standard InChI is InChI=1S/C16H23FN2O2/c1-16(2,3)19-8-6-18(7-9-19)11-12-4-5-14(17)13(10-12)15(20)21/h4-5,10H,6-9,11H2,1-3H3,(H,20,21). The Morgan fingerprint density at radius 3 is 2.38 bits per heavy atom. The van der Waals surface area contributed by atoms with Crippen LogP contribution in [0.5, 0.6) is 0 Å². The molecule has 1 aromatic carbocycles. The minimum absolute atomic E-state index is 0.179. The number of piperazine rings is 1. The van der Waals surface area contributed by atoms with Gasteiger partial charge in [0.15, 0.2) is 0 Å². The Labute approximate surface area is 125 Å². The van der Waals surface area contributed by atoms with Crippen molar-refractivity contribution >= 4 is 5.97 Å². The van der Waals surface area contributed by atoms with Gasteiger partial charge in [-0.3, -0.25) is 9.80 Å². The van der Waals surface area contributed by atoms with Crippen molar-refractivity contribution < 1.29 is 14.3 Å². The number of carboxylic acids is 1. The molecule has 2 rings (SSSR count). The Bertz CT molecular complexity index is 517. The van der Waals surface area contributed by atoms with Crippen molar-refractivity contribution in [1.82, 2.24) is 9.80 Å². The monoisotopic (exact) mass is 294 g/mol. The molecule has 1 N–H and O–H groups in total. The average Bonchev–Trinajstić information content (AvgIpc) is 2.40. The van der Waals surface area contributed by atoms with Gasteiger partial charge in [-0.15, -0.1) is 0 Å². The summed E-state index contributed by atoms with van der Waals surface area (Å²) >= 11 is 0.